The van der Waals surface area contributed by atoms with Gasteiger partial charge in [-0.3, -0.25) is 9.69 Å². The molecule has 2 aliphatic rings. The first kappa shape index (κ1) is 22.5. The summed E-state index contributed by atoms with van der Waals surface area (Å²) in [4.78, 5) is 16.4. The summed E-state index contributed by atoms with van der Waals surface area (Å²) in [7, 11) is 0. The topological polar surface area (TPSA) is 42.0 Å². The largest absolute Gasteiger partial charge is 0.573 e. The number of hydrogen-bond acceptors (Lipinski definition) is 4. The standard InChI is InChI=1S/C22H21F5N2O3/c23-18-6-1-15(11-19(18)24)12-28-13-21(31-14-28)7-9-29(10-8-21)20(30)16-2-4-17(5-3-16)32-22(25,26)27/h1-6,11H,7-10,12-14H2. The highest BCUT2D eigenvalue weighted by Crippen LogP contribution is 2.33. The minimum absolute atomic E-state index is 0.268. The van der Waals surface area contributed by atoms with Crippen molar-refractivity contribution in [2.45, 2.75) is 31.3 Å². The lowest BCUT2D eigenvalue weighted by molar-refractivity contribution is -0.274. The molecule has 0 atom stereocenters. The molecule has 0 radical (unpaired) electrons. The Morgan fingerprint density at radius 1 is 1.03 bits per heavy atom. The number of alkyl halides is 3. The van der Waals surface area contributed by atoms with E-state index in [0.717, 1.165) is 18.2 Å². The summed E-state index contributed by atoms with van der Waals surface area (Å²) in [5.74, 6) is -2.42. The normalized spacial score (nSPS) is 18.8. The number of hydrogen-bond donors (Lipinski definition) is 0. The molecule has 0 N–H and O–H groups in total. The van der Waals surface area contributed by atoms with Gasteiger partial charge in [-0.1, -0.05) is 6.07 Å². The van der Waals surface area contributed by atoms with Crippen LogP contribution in [0.15, 0.2) is 42.5 Å². The first-order valence-corrected chi connectivity index (χ1v) is 10.1. The molecule has 5 nitrogen and oxygen atoms in total. The molecule has 2 aliphatic heterocycles. The third-order valence-corrected chi connectivity index (χ3v) is 5.75. The summed E-state index contributed by atoms with van der Waals surface area (Å²) in [5, 5.41) is 0. The average Bonchev–Trinajstić information content (AvgIpc) is 3.12. The van der Waals surface area contributed by atoms with E-state index in [2.05, 4.69) is 4.74 Å². The van der Waals surface area contributed by atoms with E-state index < -0.39 is 23.6 Å². The molecular formula is C22H21F5N2O3. The minimum atomic E-state index is -4.78. The predicted octanol–water partition coefficient (Wildman–Crippen LogP) is 4.33. The molecule has 2 aromatic rings. The lowest BCUT2D eigenvalue weighted by Crippen LogP contribution is -2.48. The van der Waals surface area contributed by atoms with Crippen LogP contribution in [0.1, 0.15) is 28.8 Å². The van der Waals surface area contributed by atoms with Gasteiger partial charge in [-0.15, -0.1) is 13.2 Å². The molecule has 0 saturated carbocycles. The molecule has 0 unspecified atom stereocenters. The van der Waals surface area contributed by atoms with Crippen LogP contribution in [0.2, 0.25) is 0 Å². The highest BCUT2D eigenvalue weighted by molar-refractivity contribution is 5.94. The minimum Gasteiger partial charge on any atom is -0.406 e. The van der Waals surface area contributed by atoms with Crippen molar-refractivity contribution < 1.29 is 36.2 Å². The molecule has 0 bridgehead atoms. The molecule has 1 amide bonds. The number of likely N-dealkylation sites (tertiary alicyclic amines) is 1. The molecule has 10 heteroatoms. The molecule has 1 spiro atoms. The molecule has 32 heavy (non-hydrogen) atoms. The first-order valence-electron chi connectivity index (χ1n) is 10.1. The maximum Gasteiger partial charge on any atom is 0.573 e. The van der Waals surface area contributed by atoms with E-state index in [1.54, 1.807) is 4.90 Å². The van der Waals surface area contributed by atoms with Gasteiger partial charge in [-0.25, -0.2) is 8.78 Å². The van der Waals surface area contributed by atoms with Gasteiger partial charge in [-0.05, 0) is 54.8 Å². The van der Waals surface area contributed by atoms with Crippen LogP contribution >= 0.6 is 0 Å². The second-order valence-electron chi connectivity index (χ2n) is 8.06. The van der Waals surface area contributed by atoms with Gasteiger partial charge in [0.05, 0.1) is 5.60 Å². The number of amides is 1. The molecule has 172 valence electrons. The summed E-state index contributed by atoms with van der Waals surface area (Å²) in [6.45, 7) is 2.27. The number of carbonyl (C=O) groups is 1. The van der Waals surface area contributed by atoms with Crippen molar-refractivity contribution in [3.8, 4) is 5.75 Å². The van der Waals surface area contributed by atoms with Gasteiger partial charge >= 0.3 is 6.36 Å². The number of benzene rings is 2. The maximum atomic E-state index is 13.4. The summed E-state index contributed by atoms with van der Waals surface area (Å²) >= 11 is 0. The number of rotatable bonds is 4. The van der Waals surface area contributed by atoms with Crippen LogP contribution in [0.5, 0.6) is 5.75 Å². The van der Waals surface area contributed by atoms with Crippen LogP contribution in [-0.4, -0.2) is 54.0 Å². The van der Waals surface area contributed by atoms with E-state index in [9.17, 15) is 26.7 Å². The Labute approximate surface area is 181 Å². The van der Waals surface area contributed by atoms with Crippen molar-refractivity contribution in [3.05, 3.63) is 65.2 Å². The van der Waals surface area contributed by atoms with Crippen LogP contribution in [0, 0.1) is 11.6 Å². The van der Waals surface area contributed by atoms with E-state index in [1.807, 2.05) is 4.90 Å². The smallest absolute Gasteiger partial charge is 0.406 e. The quantitative estimate of drug-likeness (QED) is 0.643. The summed E-state index contributed by atoms with van der Waals surface area (Å²) in [6, 6.07) is 8.66. The van der Waals surface area contributed by atoms with Gasteiger partial charge in [0, 0.05) is 31.7 Å². The van der Waals surface area contributed by atoms with Crippen molar-refractivity contribution in [1.82, 2.24) is 9.80 Å². The van der Waals surface area contributed by atoms with Crippen molar-refractivity contribution >= 4 is 5.91 Å². The first-order chi connectivity index (χ1) is 15.1. The zero-order valence-electron chi connectivity index (χ0n) is 17.0. The van der Waals surface area contributed by atoms with E-state index in [4.69, 9.17) is 4.74 Å². The van der Waals surface area contributed by atoms with Crippen LogP contribution in [0.3, 0.4) is 0 Å². The Balaban J connectivity index is 1.31. The lowest BCUT2D eigenvalue weighted by Gasteiger charge is -2.38. The molecule has 0 aliphatic carbocycles. The fraction of sp³-hybridized carbons (Fsp3) is 0.409. The highest BCUT2D eigenvalue weighted by Gasteiger charge is 2.42. The third-order valence-electron chi connectivity index (χ3n) is 5.75. The fourth-order valence-corrected chi connectivity index (χ4v) is 4.13. The summed E-state index contributed by atoms with van der Waals surface area (Å²) < 4.78 is 73.2. The van der Waals surface area contributed by atoms with Crippen molar-refractivity contribution in [1.29, 1.82) is 0 Å². The molecule has 0 aromatic heterocycles. The fourth-order valence-electron chi connectivity index (χ4n) is 4.13. The van der Waals surface area contributed by atoms with Gasteiger partial charge in [0.15, 0.2) is 11.6 Å². The SMILES string of the molecule is O=C(c1ccc(OC(F)(F)F)cc1)N1CCC2(CC1)CN(Cc1ccc(F)c(F)c1)CO2. The summed E-state index contributed by atoms with van der Waals surface area (Å²) in [5.41, 5.74) is 0.512. The number of nitrogens with zero attached hydrogens (tertiary/aromatic N) is 2. The van der Waals surface area contributed by atoms with E-state index in [1.165, 1.54) is 24.3 Å². The van der Waals surface area contributed by atoms with Crippen LogP contribution in [-0.2, 0) is 11.3 Å². The molecule has 2 heterocycles. The van der Waals surface area contributed by atoms with Gasteiger partial charge in [0.25, 0.3) is 5.91 Å². The van der Waals surface area contributed by atoms with E-state index in [-0.39, 0.29) is 17.2 Å². The Kier molecular flexibility index (Phi) is 6.09. The number of piperidine rings is 1. The lowest BCUT2D eigenvalue weighted by atomic mass is 9.91. The van der Waals surface area contributed by atoms with Crippen LogP contribution in [0.25, 0.3) is 0 Å². The maximum absolute atomic E-state index is 13.4. The second-order valence-corrected chi connectivity index (χ2v) is 8.06. The molecule has 4 rings (SSSR count). The summed E-state index contributed by atoms with van der Waals surface area (Å²) in [6.07, 6.45) is -3.59. The predicted molar refractivity (Wildman–Crippen MR) is 104 cm³/mol. The monoisotopic (exact) mass is 456 g/mol. The van der Waals surface area contributed by atoms with Crippen LogP contribution < -0.4 is 4.74 Å². The number of halogens is 5. The Morgan fingerprint density at radius 2 is 1.72 bits per heavy atom. The van der Waals surface area contributed by atoms with E-state index in [0.29, 0.717) is 51.3 Å². The Bertz CT molecular complexity index is 973. The Morgan fingerprint density at radius 3 is 2.34 bits per heavy atom. The number of carbonyl (C=O) groups excluding carboxylic acids is 1. The van der Waals surface area contributed by atoms with Gasteiger partial charge < -0.3 is 14.4 Å². The van der Waals surface area contributed by atoms with Crippen molar-refractivity contribution in [3.63, 3.8) is 0 Å². The molecular weight excluding hydrogens is 435 g/mol. The van der Waals surface area contributed by atoms with Crippen LogP contribution in [0.4, 0.5) is 22.0 Å². The molecule has 2 aromatic carbocycles. The third kappa shape index (κ3) is 5.18. The number of ether oxygens (including phenoxy) is 2. The van der Waals surface area contributed by atoms with Gasteiger partial charge in [0.2, 0.25) is 0 Å². The second kappa shape index (κ2) is 8.67. The van der Waals surface area contributed by atoms with Crippen molar-refractivity contribution in [2.24, 2.45) is 0 Å². The molecule has 2 fully saturated rings. The highest BCUT2D eigenvalue weighted by atomic mass is 19.4. The van der Waals surface area contributed by atoms with Gasteiger partial charge in [-0.2, -0.15) is 0 Å². The van der Waals surface area contributed by atoms with E-state index >= 15 is 0 Å². The average molecular weight is 456 g/mol. The molecule has 2 saturated heterocycles. The zero-order chi connectivity index (χ0) is 22.9. The zero-order valence-corrected chi connectivity index (χ0v) is 17.0. The Hall–Kier alpha value is -2.72. The van der Waals surface area contributed by atoms with Crippen molar-refractivity contribution in [2.75, 3.05) is 26.4 Å². The van der Waals surface area contributed by atoms with Gasteiger partial charge in [0.1, 0.15) is 12.5 Å².